The number of benzene rings is 2. The summed E-state index contributed by atoms with van der Waals surface area (Å²) in [5.41, 5.74) is 11.2. The third kappa shape index (κ3) is 2.97. The Bertz CT molecular complexity index is 847. The van der Waals surface area contributed by atoms with Gasteiger partial charge in [0.05, 0.1) is 5.92 Å². The Hall–Kier alpha value is -2.82. The van der Waals surface area contributed by atoms with Gasteiger partial charge in [0.15, 0.2) is 0 Å². The van der Waals surface area contributed by atoms with E-state index in [1.807, 2.05) is 18.2 Å². The van der Waals surface area contributed by atoms with Crippen molar-refractivity contribution in [1.29, 1.82) is 0 Å². The Balaban J connectivity index is 1.51. The topological polar surface area (TPSA) is 75.4 Å². The quantitative estimate of drug-likeness (QED) is 0.755. The normalized spacial score (nSPS) is 18.4. The van der Waals surface area contributed by atoms with E-state index in [9.17, 15) is 9.59 Å². The van der Waals surface area contributed by atoms with E-state index in [1.54, 1.807) is 4.90 Å². The second kappa shape index (κ2) is 6.24. The number of nitrogens with zero attached hydrogens (tertiary/aromatic N) is 1. The maximum absolute atomic E-state index is 12.6. The van der Waals surface area contributed by atoms with Crippen LogP contribution in [0.15, 0.2) is 42.5 Å². The molecular weight excluding hydrogens is 314 g/mol. The number of hydrogen-bond donors (Lipinski definition) is 2. The molecule has 1 heterocycles. The van der Waals surface area contributed by atoms with Gasteiger partial charge >= 0.3 is 6.03 Å². The second-order valence-corrected chi connectivity index (χ2v) is 6.82. The van der Waals surface area contributed by atoms with E-state index in [2.05, 4.69) is 29.6 Å². The first-order chi connectivity index (χ1) is 12.1. The fraction of sp³-hybridized carbons (Fsp3) is 0.300. The summed E-state index contributed by atoms with van der Waals surface area (Å²) < 4.78 is 0. The van der Waals surface area contributed by atoms with Crippen molar-refractivity contribution in [3.05, 3.63) is 53.6 Å². The van der Waals surface area contributed by atoms with Crippen LogP contribution in [0.3, 0.4) is 0 Å². The molecule has 128 valence electrons. The molecule has 25 heavy (non-hydrogen) atoms. The minimum atomic E-state index is -0.452. The summed E-state index contributed by atoms with van der Waals surface area (Å²) in [6.07, 6.45) is 2.53. The summed E-state index contributed by atoms with van der Waals surface area (Å²) in [4.78, 5) is 25.5. The van der Waals surface area contributed by atoms with Crippen LogP contribution in [0.25, 0.3) is 11.1 Å². The minimum Gasteiger partial charge on any atom is -0.351 e. The van der Waals surface area contributed by atoms with Crippen LogP contribution in [0.2, 0.25) is 0 Å². The summed E-state index contributed by atoms with van der Waals surface area (Å²) in [5, 5.41) is 3.01. The van der Waals surface area contributed by atoms with Crippen LogP contribution in [0.4, 0.5) is 10.5 Å². The fourth-order valence-electron chi connectivity index (χ4n) is 3.84. The zero-order valence-corrected chi connectivity index (χ0v) is 14.0. The Morgan fingerprint density at radius 2 is 1.88 bits per heavy atom. The summed E-state index contributed by atoms with van der Waals surface area (Å²) in [5.74, 6) is -0.251. The smallest absolute Gasteiger partial charge is 0.314 e. The van der Waals surface area contributed by atoms with Gasteiger partial charge in [-0.05, 0) is 53.6 Å². The lowest BCUT2D eigenvalue weighted by Crippen LogP contribution is -2.46. The number of nitrogens with two attached hydrogens (primary N) is 1. The van der Waals surface area contributed by atoms with E-state index in [1.165, 1.54) is 22.3 Å². The third-order valence-electron chi connectivity index (χ3n) is 5.17. The number of primary amides is 1. The molecule has 1 saturated heterocycles. The van der Waals surface area contributed by atoms with Gasteiger partial charge in [0.25, 0.3) is 0 Å². The molecule has 0 aromatic heterocycles. The van der Waals surface area contributed by atoms with E-state index in [0.29, 0.717) is 13.1 Å². The van der Waals surface area contributed by atoms with Crippen LogP contribution in [0, 0.1) is 5.92 Å². The van der Waals surface area contributed by atoms with Crippen molar-refractivity contribution in [2.24, 2.45) is 11.7 Å². The lowest BCUT2D eigenvalue weighted by Gasteiger charge is -2.30. The van der Waals surface area contributed by atoms with Gasteiger partial charge in [0.2, 0.25) is 5.91 Å². The van der Waals surface area contributed by atoms with E-state index < -0.39 is 6.03 Å². The number of likely N-dealkylation sites (tertiary alicyclic amines) is 1. The molecule has 5 nitrogen and oxygen atoms in total. The van der Waals surface area contributed by atoms with Crippen molar-refractivity contribution in [3.8, 4) is 11.1 Å². The number of anilines is 1. The molecule has 3 N–H and O–H groups in total. The Kier molecular flexibility index (Phi) is 3.92. The van der Waals surface area contributed by atoms with E-state index in [-0.39, 0.29) is 11.8 Å². The number of fused-ring (bicyclic) bond motifs is 3. The van der Waals surface area contributed by atoms with E-state index in [0.717, 1.165) is 24.9 Å². The SMILES string of the molecule is NC(=O)N1CCC[C@@H](C(=O)Nc2ccc3c(c2)-c2ccccc2C3)C1. The van der Waals surface area contributed by atoms with Crippen LogP contribution >= 0.6 is 0 Å². The summed E-state index contributed by atoms with van der Waals surface area (Å²) in [7, 11) is 0. The number of rotatable bonds is 2. The van der Waals surface area contributed by atoms with Gasteiger partial charge in [-0.3, -0.25) is 4.79 Å². The second-order valence-electron chi connectivity index (χ2n) is 6.82. The Morgan fingerprint density at radius 3 is 2.72 bits per heavy atom. The van der Waals surface area contributed by atoms with Gasteiger partial charge in [0, 0.05) is 18.8 Å². The molecule has 4 rings (SSSR count). The minimum absolute atomic E-state index is 0.0443. The van der Waals surface area contributed by atoms with Crippen LogP contribution in [-0.4, -0.2) is 29.9 Å². The summed E-state index contributed by atoms with van der Waals surface area (Å²) >= 11 is 0. The van der Waals surface area contributed by atoms with Crippen LogP contribution in [-0.2, 0) is 11.2 Å². The Labute approximate surface area is 146 Å². The molecule has 0 spiro atoms. The molecule has 1 aliphatic carbocycles. The first-order valence-corrected chi connectivity index (χ1v) is 8.68. The van der Waals surface area contributed by atoms with E-state index in [4.69, 9.17) is 5.73 Å². The van der Waals surface area contributed by atoms with E-state index >= 15 is 0 Å². The first kappa shape index (κ1) is 15.7. The van der Waals surface area contributed by atoms with Crippen LogP contribution in [0.1, 0.15) is 24.0 Å². The number of piperidine rings is 1. The molecule has 1 atom stereocenters. The highest BCUT2D eigenvalue weighted by Crippen LogP contribution is 2.37. The number of urea groups is 1. The maximum Gasteiger partial charge on any atom is 0.314 e. The monoisotopic (exact) mass is 335 g/mol. The van der Waals surface area contributed by atoms with Gasteiger partial charge in [-0.15, -0.1) is 0 Å². The van der Waals surface area contributed by atoms with Crippen molar-refractivity contribution in [2.45, 2.75) is 19.3 Å². The molecule has 2 aromatic carbocycles. The highest BCUT2D eigenvalue weighted by atomic mass is 16.2. The molecule has 0 radical (unpaired) electrons. The molecule has 0 bridgehead atoms. The zero-order valence-electron chi connectivity index (χ0n) is 14.0. The lowest BCUT2D eigenvalue weighted by molar-refractivity contribution is -0.121. The molecule has 2 aliphatic rings. The summed E-state index contributed by atoms with van der Waals surface area (Å²) in [6.45, 7) is 1.03. The molecule has 0 saturated carbocycles. The van der Waals surface area contributed by atoms with Gasteiger partial charge < -0.3 is 16.0 Å². The average molecular weight is 335 g/mol. The predicted molar refractivity (Wildman–Crippen MR) is 97.2 cm³/mol. The van der Waals surface area contributed by atoms with Crippen molar-refractivity contribution < 1.29 is 9.59 Å². The van der Waals surface area contributed by atoms with Gasteiger partial charge in [-0.25, -0.2) is 4.79 Å². The van der Waals surface area contributed by atoms with Gasteiger partial charge in [-0.2, -0.15) is 0 Å². The van der Waals surface area contributed by atoms with Crippen LogP contribution < -0.4 is 11.1 Å². The number of hydrogen-bond acceptors (Lipinski definition) is 2. The molecular formula is C20H21N3O2. The highest BCUT2D eigenvalue weighted by molar-refractivity contribution is 5.94. The molecule has 1 fully saturated rings. The third-order valence-corrected chi connectivity index (χ3v) is 5.17. The molecule has 1 aliphatic heterocycles. The largest absolute Gasteiger partial charge is 0.351 e. The van der Waals surface area contributed by atoms with Gasteiger partial charge in [0.1, 0.15) is 0 Å². The predicted octanol–water partition coefficient (Wildman–Crippen LogP) is 2.99. The maximum atomic E-state index is 12.6. The highest BCUT2D eigenvalue weighted by Gasteiger charge is 2.27. The van der Waals surface area contributed by atoms with Crippen molar-refractivity contribution in [2.75, 3.05) is 18.4 Å². The first-order valence-electron chi connectivity index (χ1n) is 8.68. The fourth-order valence-corrected chi connectivity index (χ4v) is 3.84. The van der Waals surface area contributed by atoms with Gasteiger partial charge in [-0.1, -0.05) is 30.3 Å². The molecule has 3 amide bonds. The molecule has 0 unspecified atom stereocenters. The van der Waals surface area contributed by atoms with Crippen molar-refractivity contribution >= 4 is 17.6 Å². The molecule has 5 heteroatoms. The number of carbonyl (C=O) groups excluding carboxylic acids is 2. The number of carbonyl (C=O) groups is 2. The molecule has 2 aromatic rings. The summed E-state index contributed by atoms with van der Waals surface area (Å²) in [6, 6.07) is 14.0. The van der Waals surface area contributed by atoms with Crippen LogP contribution in [0.5, 0.6) is 0 Å². The van der Waals surface area contributed by atoms with Crippen molar-refractivity contribution in [1.82, 2.24) is 4.90 Å². The number of amides is 3. The Morgan fingerprint density at radius 1 is 1.08 bits per heavy atom. The van der Waals surface area contributed by atoms with Crippen molar-refractivity contribution in [3.63, 3.8) is 0 Å². The average Bonchev–Trinajstić information content (AvgIpc) is 3.00. The number of nitrogens with one attached hydrogen (secondary N) is 1. The lowest BCUT2D eigenvalue weighted by atomic mass is 9.97. The standard InChI is InChI=1S/C20H21N3O2/c21-20(25)23-9-3-5-15(12-23)19(24)22-16-8-7-14-10-13-4-1-2-6-17(13)18(14)11-16/h1-2,4,6-8,11,15H,3,5,9-10,12H2,(H2,21,25)(H,22,24)/t15-/m1/s1. The zero-order chi connectivity index (χ0) is 17.4.